The van der Waals surface area contributed by atoms with Crippen molar-refractivity contribution in [2.45, 2.75) is 64.0 Å². The van der Waals surface area contributed by atoms with Crippen molar-refractivity contribution in [3.05, 3.63) is 39.6 Å². The van der Waals surface area contributed by atoms with Gasteiger partial charge in [-0.05, 0) is 49.7 Å². The van der Waals surface area contributed by atoms with Gasteiger partial charge in [0.2, 0.25) is 0 Å². The lowest BCUT2D eigenvalue weighted by molar-refractivity contribution is -0.384. The number of nitro groups is 1. The summed E-state index contributed by atoms with van der Waals surface area (Å²) in [5, 5.41) is 16.0. The fourth-order valence-electron chi connectivity index (χ4n) is 4.60. The number of non-ortho nitro benzene ring substituents is 1. The summed E-state index contributed by atoms with van der Waals surface area (Å²) < 4.78 is 0. The van der Waals surface area contributed by atoms with Crippen LogP contribution in [-0.2, 0) is 6.42 Å². The lowest BCUT2D eigenvalue weighted by Crippen LogP contribution is -2.37. The van der Waals surface area contributed by atoms with E-state index in [2.05, 4.69) is 17.2 Å². The number of rotatable bonds is 3. The van der Waals surface area contributed by atoms with Crippen molar-refractivity contribution in [3.8, 4) is 0 Å². The van der Waals surface area contributed by atoms with Crippen LogP contribution in [0.15, 0.2) is 18.2 Å². The van der Waals surface area contributed by atoms with E-state index in [1.165, 1.54) is 36.9 Å². The molecule has 4 rings (SSSR count). The van der Waals surface area contributed by atoms with Crippen LogP contribution in [0.5, 0.6) is 0 Å². The average molecular weight is 327 g/mol. The molecule has 0 spiro atoms. The first-order chi connectivity index (χ1) is 11.6. The topological polar surface area (TPSA) is 71.0 Å². The number of hydrogen-bond donors (Lipinski definition) is 2. The Morgan fingerprint density at radius 2 is 2.12 bits per heavy atom. The van der Waals surface area contributed by atoms with Gasteiger partial charge in [0.05, 0.1) is 4.92 Å². The van der Waals surface area contributed by atoms with E-state index in [4.69, 9.17) is 0 Å². The molecule has 5 nitrogen and oxygen atoms in total. The maximum Gasteiger partial charge on any atom is 0.270 e. The standard InChI is InChI=1S/C19H25N3O2/c1-12-4-2-5-13(10-12)20-18-7-3-6-15-16-11-14(22(23)24)8-9-17(16)21-19(15)18/h8-9,11-13,18,20-21H,2-7,10H2,1H3/t12-,13+,18-/m1/s1. The van der Waals surface area contributed by atoms with Crippen LogP contribution in [-0.4, -0.2) is 15.9 Å². The van der Waals surface area contributed by atoms with E-state index < -0.39 is 0 Å². The van der Waals surface area contributed by atoms with Gasteiger partial charge < -0.3 is 10.3 Å². The summed E-state index contributed by atoms with van der Waals surface area (Å²) in [5.41, 5.74) is 3.74. The van der Waals surface area contributed by atoms with Crippen molar-refractivity contribution >= 4 is 16.6 Å². The number of fused-ring (bicyclic) bond motifs is 3. The van der Waals surface area contributed by atoms with Gasteiger partial charge in [0.15, 0.2) is 0 Å². The van der Waals surface area contributed by atoms with Crippen molar-refractivity contribution < 1.29 is 4.92 Å². The van der Waals surface area contributed by atoms with Crippen LogP contribution in [0.1, 0.15) is 62.7 Å². The molecule has 2 aromatic rings. The van der Waals surface area contributed by atoms with Crippen molar-refractivity contribution in [2.75, 3.05) is 0 Å². The number of hydrogen-bond acceptors (Lipinski definition) is 3. The van der Waals surface area contributed by atoms with Crippen molar-refractivity contribution in [1.29, 1.82) is 0 Å². The Morgan fingerprint density at radius 3 is 2.92 bits per heavy atom. The molecule has 128 valence electrons. The lowest BCUT2D eigenvalue weighted by atomic mass is 9.85. The number of aromatic nitrogens is 1. The molecule has 24 heavy (non-hydrogen) atoms. The second kappa shape index (κ2) is 6.20. The second-order valence-corrected chi connectivity index (χ2v) is 7.58. The fraction of sp³-hybridized carbons (Fsp3) is 0.579. The summed E-state index contributed by atoms with van der Waals surface area (Å²) in [6.45, 7) is 2.35. The molecule has 0 bridgehead atoms. The van der Waals surface area contributed by atoms with E-state index in [0.29, 0.717) is 12.1 Å². The number of aromatic amines is 1. The molecule has 0 amide bonds. The Labute approximate surface area is 142 Å². The molecule has 3 atom stereocenters. The first-order valence-corrected chi connectivity index (χ1v) is 9.16. The van der Waals surface area contributed by atoms with Gasteiger partial charge in [-0.25, -0.2) is 0 Å². The van der Waals surface area contributed by atoms with Crippen LogP contribution in [0, 0.1) is 16.0 Å². The van der Waals surface area contributed by atoms with Crippen LogP contribution in [0.25, 0.3) is 10.9 Å². The zero-order valence-corrected chi connectivity index (χ0v) is 14.2. The van der Waals surface area contributed by atoms with Crippen LogP contribution in [0.3, 0.4) is 0 Å². The first-order valence-electron chi connectivity index (χ1n) is 9.16. The Hall–Kier alpha value is -1.88. The van der Waals surface area contributed by atoms with Gasteiger partial charge in [-0.3, -0.25) is 10.1 Å². The predicted molar refractivity (Wildman–Crippen MR) is 95.2 cm³/mol. The zero-order valence-electron chi connectivity index (χ0n) is 14.2. The number of nitrogens with one attached hydrogen (secondary N) is 2. The summed E-state index contributed by atoms with van der Waals surface area (Å²) in [7, 11) is 0. The minimum absolute atomic E-state index is 0.181. The van der Waals surface area contributed by atoms with Gasteiger partial charge in [-0.2, -0.15) is 0 Å². The molecular weight excluding hydrogens is 302 g/mol. The molecule has 1 heterocycles. The molecular formula is C19H25N3O2. The van der Waals surface area contributed by atoms with E-state index >= 15 is 0 Å². The van der Waals surface area contributed by atoms with Gasteiger partial charge in [-0.15, -0.1) is 0 Å². The van der Waals surface area contributed by atoms with Gasteiger partial charge in [0.25, 0.3) is 5.69 Å². The maximum absolute atomic E-state index is 11.1. The minimum Gasteiger partial charge on any atom is -0.357 e. The Bertz CT molecular complexity index is 767. The molecule has 0 aliphatic heterocycles. The predicted octanol–water partition coefficient (Wildman–Crippen LogP) is 4.62. The molecule has 0 unspecified atom stereocenters. The second-order valence-electron chi connectivity index (χ2n) is 7.58. The minimum atomic E-state index is -0.305. The molecule has 2 aliphatic carbocycles. The van der Waals surface area contributed by atoms with Gasteiger partial charge in [-0.1, -0.05) is 19.8 Å². The zero-order chi connectivity index (χ0) is 16.7. The third-order valence-corrected chi connectivity index (χ3v) is 5.77. The lowest BCUT2D eigenvalue weighted by Gasteiger charge is -2.33. The highest BCUT2D eigenvalue weighted by molar-refractivity contribution is 5.87. The summed E-state index contributed by atoms with van der Waals surface area (Å²) >= 11 is 0. The van der Waals surface area contributed by atoms with Gasteiger partial charge in [0.1, 0.15) is 0 Å². The Kier molecular flexibility index (Phi) is 4.04. The maximum atomic E-state index is 11.1. The molecule has 2 aliphatic rings. The number of aryl methyl sites for hydroxylation is 1. The van der Waals surface area contributed by atoms with E-state index in [0.717, 1.165) is 36.1 Å². The van der Waals surface area contributed by atoms with E-state index in [1.54, 1.807) is 12.1 Å². The average Bonchev–Trinajstić information content (AvgIpc) is 2.94. The van der Waals surface area contributed by atoms with Crippen molar-refractivity contribution in [1.82, 2.24) is 10.3 Å². The highest BCUT2D eigenvalue weighted by Crippen LogP contribution is 2.37. The van der Waals surface area contributed by atoms with Gasteiger partial charge in [0, 0.05) is 40.8 Å². The van der Waals surface area contributed by atoms with Crippen molar-refractivity contribution in [2.24, 2.45) is 5.92 Å². The monoisotopic (exact) mass is 327 g/mol. The number of benzene rings is 1. The van der Waals surface area contributed by atoms with E-state index in [1.807, 2.05) is 6.07 Å². The smallest absolute Gasteiger partial charge is 0.270 e. The highest BCUT2D eigenvalue weighted by atomic mass is 16.6. The van der Waals surface area contributed by atoms with E-state index in [9.17, 15) is 10.1 Å². The molecule has 5 heteroatoms. The van der Waals surface area contributed by atoms with Crippen LogP contribution in [0.4, 0.5) is 5.69 Å². The summed E-state index contributed by atoms with van der Waals surface area (Å²) in [5.74, 6) is 0.810. The number of nitro benzene ring substituents is 1. The normalized spacial score (nSPS) is 27.1. The fourth-order valence-corrected chi connectivity index (χ4v) is 4.60. The number of H-pyrrole nitrogens is 1. The van der Waals surface area contributed by atoms with Gasteiger partial charge >= 0.3 is 0 Å². The third kappa shape index (κ3) is 2.81. The molecule has 1 fully saturated rings. The highest BCUT2D eigenvalue weighted by Gasteiger charge is 2.28. The molecule has 1 aromatic heterocycles. The summed E-state index contributed by atoms with van der Waals surface area (Å²) in [4.78, 5) is 14.3. The van der Waals surface area contributed by atoms with Crippen LogP contribution in [0.2, 0.25) is 0 Å². The van der Waals surface area contributed by atoms with Crippen LogP contribution < -0.4 is 5.32 Å². The van der Waals surface area contributed by atoms with E-state index in [-0.39, 0.29) is 10.6 Å². The molecule has 0 saturated heterocycles. The number of nitrogens with zero attached hydrogens (tertiary/aromatic N) is 1. The SMILES string of the molecule is C[C@@H]1CCC[C@H](N[C@@H]2CCCc3c2[nH]c2ccc([N+](=O)[O-])cc32)C1. The Balaban J connectivity index is 1.64. The molecule has 2 N–H and O–H groups in total. The quantitative estimate of drug-likeness (QED) is 0.638. The van der Waals surface area contributed by atoms with Crippen LogP contribution >= 0.6 is 0 Å². The summed E-state index contributed by atoms with van der Waals surface area (Å²) in [6, 6.07) is 6.14. The molecule has 1 saturated carbocycles. The van der Waals surface area contributed by atoms with Crippen molar-refractivity contribution in [3.63, 3.8) is 0 Å². The largest absolute Gasteiger partial charge is 0.357 e. The first kappa shape index (κ1) is 15.6. The molecule has 1 aromatic carbocycles. The third-order valence-electron chi connectivity index (χ3n) is 5.77. The molecule has 0 radical (unpaired) electrons. The Morgan fingerprint density at radius 1 is 1.25 bits per heavy atom. The summed E-state index contributed by atoms with van der Waals surface area (Å²) in [6.07, 6.45) is 8.49.